The third-order valence-electron chi connectivity index (χ3n) is 5.58. The second-order valence-corrected chi connectivity index (χ2v) is 7.57. The van der Waals surface area contributed by atoms with Crippen LogP contribution in [0.5, 0.6) is 0 Å². The maximum atomic E-state index is 12.6. The first-order chi connectivity index (χ1) is 14.0. The van der Waals surface area contributed by atoms with Crippen LogP contribution >= 0.6 is 0 Å². The summed E-state index contributed by atoms with van der Waals surface area (Å²) in [6.07, 6.45) is 0.0622. The molecule has 29 heavy (non-hydrogen) atoms. The molecule has 0 bridgehead atoms. The van der Waals surface area contributed by atoms with Gasteiger partial charge in [-0.05, 0) is 24.3 Å². The molecule has 2 aliphatic rings. The highest BCUT2D eigenvalue weighted by Gasteiger charge is 2.35. The number of likely N-dealkylation sites (N-methyl/N-ethyl adjacent to an activating group) is 1. The Morgan fingerprint density at radius 1 is 0.966 bits per heavy atom. The lowest BCUT2D eigenvalue weighted by atomic mass is 10.1. The second-order valence-electron chi connectivity index (χ2n) is 7.57. The van der Waals surface area contributed by atoms with Gasteiger partial charge in [0.1, 0.15) is 0 Å². The van der Waals surface area contributed by atoms with Crippen LogP contribution < -0.4 is 15.1 Å². The summed E-state index contributed by atoms with van der Waals surface area (Å²) in [5, 5.41) is 2.96. The number of para-hydroxylation sites is 2. The van der Waals surface area contributed by atoms with Crippen molar-refractivity contribution in [3.05, 3.63) is 59.7 Å². The van der Waals surface area contributed by atoms with Crippen LogP contribution in [-0.4, -0.2) is 62.4 Å². The van der Waals surface area contributed by atoms with Gasteiger partial charge in [-0.15, -0.1) is 0 Å². The van der Waals surface area contributed by atoms with Crippen LogP contribution in [0.25, 0.3) is 0 Å². The molecule has 150 valence electrons. The van der Waals surface area contributed by atoms with Crippen molar-refractivity contribution >= 4 is 29.1 Å². The summed E-state index contributed by atoms with van der Waals surface area (Å²) in [6, 6.07) is 14.5. The van der Waals surface area contributed by atoms with Crippen molar-refractivity contribution in [3.63, 3.8) is 0 Å². The number of hydrogen-bond donors (Lipinski definition) is 2. The van der Waals surface area contributed by atoms with Gasteiger partial charge >= 0.3 is 0 Å². The highest BCUT2D eigenvalue weighted by molar-refractivity contribution is 6.21. The maximum absolute atomic E-state index is 12.6. The van der Waals surface area contributed by atoms with Crippen molar-refractivity contribution in [2.75, 3.05) is 50.0 Å². The van der Waals surface area contributed by atoms with Gasteiger partial charge in [0.05, 0.1) is 55.7 Å². The summed E-state index contributed by atoms with van der Waals surface area (Å²) in [4.78, 5) is 42.4. The fourth-order valence-electron chi connectivity index (χ4n) is 3.85. The molecule has 7 heteroatoms. The number of carbonyl (C=O) groups is 3. The van der Waals surface area contributed by atoms with Gasteiger partial charge in [0.25, 0.3) is 11.8 Å². The van der Waals surface area contributed by atoms with Crippen LogP contribution in [0.2, 0.25) is 0 Å². The number of amides is 3. The van der Waals surface area contributed by atoms with Gasteiger partial charge in [-0.1, -0.05) is 24.3 Å². The number of quaternary nitrogens is 1. The molecule has 4 rings (SSSR count). The normalized spacial score (nSPS) is 16.9. The SMILES string of the molecule is C[NH+]1CCN(c2ccccc2NC(=O)CCN2C(=O)c3ccccc3C2=O)CC1. The van der Waals surface area contributed by atoms with E-state index in [0.717, 1.165) is 42.5 Å². The smallest absolute Gasteiger partial charge is 0.261 e. The monoisotopic (exact) mass is 393 g/mol. The summed E-state index contributed by atoms with van der Waals surface area (Å²) >= 11 is 0. The first kappa shape index (κ1) is 19.1. The molecule has 2 aromatic carbocycles. The van der Waals surface area contributed by atoms with Crippen LogP contribution in [0.15, 0.2) is 48.5 Å². The Labute approximate surface area is 169 Å². The molecule has 0 saturated carbocycles. The van der Waals surface area contributed by atoms with Gasteiger partial charge in [-0.3, -0.25) is 19.3 Å². The molecule has 2 aliphatic heterocycles. The molecule has 0 atom stereocenters. The van der Waals surface area contributed by atoms with Gasteiger partial charge in [-0.25, -0.2) is 0 Å². The summed E-state index contributed by atoms with van der Waals surface area (Å²) < 4.78 is 0. The molecule has 2 N–H and O–H groups in total. The van der Waals surface area contributed by atoms with E-state index in [1.54, 1.807) is 24.3 Å². The molecule has 3 amide bonds. The number of nitrogens with zero attached hydrogens (tertiary/aromatic N) is 2. The molecule has 1 fully saturated rings. The molecule has 2 heterocycles. The fourth-order valence-corrected chi connectivity index (χ4v) is 3.85. The van der Waals surface area contributed by atoms with E-state index in [1.807, 2.05) is 24.3 Å². The lowest BCUT2D eigenvalue weighted by Crippen LogP contribution is -3.12. The highest BCUT2D eigenvalue weighted by Crippen LogP contribution is 2.26. The van der Waals surface area contributed by atoms with Crippen LogP contribution in [0, 0.1) is 0 Å². The summed E-state index contributed by atoms with van der Waals surface area (Å²) in [6.45, 7) is 4.06. The van der Waals surface area contributed by atoms with Crippen molar-refractivity contribution in [2.45, 2.75) is 6.42 Å². The standard InChI is InChI=1S/C22H24N4O3/c1-24-12-14-25(15-13-24)19-9-5-4-8-18(19)23-20(27)10-11-26-21(28)16-6-2-3-7-17(16)22(26)29/h2-9H,10-15H2,1H3,(H,23,27)/p+1. The molecular weight excluding hydrogens is 368 g/mol. The Kier molecular flexibility index (Phi) is 5.31. The number of piperazine rings is 1. The summed E-state index contributed by atoms with van der Waals surface area (Å²) in [7, 11) is 2.18. The molecule has 0 aromatic heterocycles. The predicted molar refractivity (Wildman–Crippen MR) is 110 cm³/mol. The van der Waals surface area contributed by atoms with Crippen molar-refractivity contribution in [2.24, 2.45) is 0 Å². The zero-order valence-electron chi connectivity index (χ0n) is 16.5. The van der Waals surface area contributed by atoms with E-state index in [0.29, 0.717) is 11.1 Å². The molecular formula is C22H25N4O3+. The predicted octanol–water partition coefficient (Wildman–Crippen LogP) is 0.646. The molecule has 7 nitrogen and oxygen atoms in total. The topological polar surface area (TPSA) is 74.2 Å². The van der Waals surface area contributed by atoms with Gasteiger partial charge in [0.2, 0.25) is 5.91 Å². The Morgan fingerprint density at radius 2 is 1.55 bits per heavy atom. The Hall–Kier alpha value is -3.19. The Morgan fingerprint density at radius 3 is 2.21 bits per heavy atom. The molecule has 2 aromatic rings. The molecule has 0 unspecified atom stereocenters. The second kappa shape index (κ2) is 8.05. The lowest BCUT2D eigenvalue weighted by Gasteiger charge is -2.33. The zero-order chi connectivity index (χ0) is 20.4. The van der Waals surface area contributed by atoms with Crippen molar-refractivity contribution in [1.29, 1.82) is 0 Å². The average molecular weight is 393 g/mol. The Bertz CT molecular complexity index is 916. The van der Waals surface area contributed by atoms with E-state index < -0.39 is 0 Å². The number of rotatable bonds is 5. The largest absolute Gasteiger partial charge is 0.359 e. The number of anilines is 2. The van der Waals surface area contributed by atoms with Crippen LogP contribution in [0.4, 0.5) is 11.4 Å². The van der Waals surface area contributed by atoms with Gasteiger partial charge in [-0.2, -0.15) is 0 Å². The van der Waals surface area contributed by atoms with Crippen LogP contribution in [-0.2, 0) is 4.79 Å². The van der Waals surface area contributed by atoms with E-state index in [-0.39, 0.29) is 30.7 Å². The van der Waals surface area contributed by atoms with Gasteiger partial charge in [0.15, 0.2) is 0 Å². The molecule has 0 radical (unpaired) electrons. The van der Waals surface area contributed by atoms with Crippen molar-refractivity contribution < 1.29 is 19.3 Å². The van der Waals surface area contributed by atoms with E-state index in [2.05, 4.69) is 17.3 Å². The minimum absolute atomic E-state index is 0.0622. The van der Waals surface area contributed by atoms with E-state index >= 15 is 0 Å². The lowest BCUT2D eigenvalue weighted by molar-refractivity contribution is -0.880. The van der Waals surface area contributed by atoms with Gasteiger partial charge < -0.3 is 15.1 Å². The van der Waals surface area contributed by atoms with Crippen molar-refractivity contribution in [3.8, 4) is 0 Å². The maximum Gasteiger partial charge on any atom is 0.261 e. The van der Waals surface area contributed by atoms with E-state index in [9.17, 15) is 14.4 Å². The first-order valence-electron chi connectivity index (χ1n) is 9.95. The van der Waals surface area contributed by atoms with Crippen LogP contribution in [0.3, 0.4) is 0 Å². The Balaban J connectivity index is 1.39. The molecule has 0 aliphatic carbocycles. The minimum Gasteiger partial charge on any atom is -0.359 e. The summed E-state index contributed by atoms with van der Waals surface area (Å²) in [5.41, 5.74) is 2.58. The number of nitrogens with one attached hydrogen (secondary N) is 2. The number of carbonyl (C=O) groups excluding carboxylic acids is 3. The number of benzene rings is 2. The number of fused-ring (bicyclic) bond motifs is 1. The van der Waals surface area contributed by atoms with Crippen LogP contribution in [0.1, 0.15) is 27.1 Å². The fraction of sp³-hybridized carbons (Fsp3) is 0.318. The van der Waals surface area contributed by atoms with E-state index in [1.165, 1.54) is 4.90 Å². The van der Waals surface area contributed by atoms with Gasteiger partial charge in [0, 0.05) is 13.0 Å². The first-order valence-corrected chi connectivity index (χ1v) is 9.95. The third-order valence-corrected chi connectivity index (χ3v) is 5.58. The molecule has 0 spiro atoms. The minimum atomic E-state index is -0.335. The van der Waals surface area contributed by atoms with E-state index in [4.69, 9.17) is 0 Å². The zero-order valence-corrected chi connectivity index (χ0v) is 16.5. The quantitative estimate of drug-likeness (QED) is 0.732. The highest BCUT2D eigenvalue weighted by atomic mass is 16.2. The third kappa shape index (κ3) is 3.86. The molecule has 1 saturated heterocycles. The average Bonchev–Trinajstić information content (AvgIpc) is 2.98. The summed E-state index contributed by atoms with van der Waals surface area (Å²) in [5.74, 6) is -0.883. The number of hydrogen-bond acceptors (Lipinski definition) is 4. The van der Waals surface area contributed by atoms with Crippen molar-refractivity contribution in [1.82, 2.24) is 4.90 Å². The number of imide groups is 1.